The molecule has 1 aromatic heterocycles. The summed E-state index contributed by atoms with van der Waals surface area (Å²) in [5, 5.41) is 15.5. The van der Waals surface area contributed by atoms with Crippen molar-refractivity contribution in [3.63, 3.8) is 0 Å². The van der Waals surface area contributed by atoms with E-state index in [1.165, 1.54) is 6.33 Å². The molecule has 1 aliphatic heterocycles. The molecule has 1 amide bonds. The summed E-state index contributed by atoms with van der Waals surface area (Å²) in [6.07, 6.45) is 3.12. The highest BCUT2D eigenvalue weighted by Gasteiger charge is 2.41. The molecule has 5 rings (SSSR count). The van der Waals surface area contributed by atoms with Gasteiger partial charge in [-0.05, 0) is 49.2 Å². The Morgan fingerprint density at radius 2 is 1.97 bits per heavy atom. The van der Waals surface area contributed by atoms with Gasteiger partial charge in [-0.3, -0.25) is 10.2 Å². The Bertz CT molecular complexity index is 1210. The average molecular weight is 444 g/mol. The molecule has 1 aliphatic carbocycles. The molecule has 0 spiro atoms. The van der Waals surface area contributed by atoms with Crippen molar-refractivity contribution >= 4 is 28.9 Å². The first-order valence-corrected chi connectivity index (χ1v) is 10.8. The van der Waals surface area contributed by atoms with E-state index >= 15 is 0 Å². The SMILES string of the molecule is COc1ccc(C(=N)c2c(N)ncnc2NCC2Nc3ccccc3C(=O)N2C2CC2)cc1. The maximum atomic E-state index is 13.2. The number of hydrogen-bond donors (Lipinski definition) is 4. The van der Waals surface area contributed by atoms with E-state index in [4.69, 9.17) is 15.9 Å². The van der Waals surface area contributed by atoms with Crippen LogP contribution in [0.15, 0.2) is 54.9 Å². The van der Waals surface area contributed by atoms with Gasteiger partial charge in [0.1, 0.15) is 29.9 Å². The molecule has 3 aromatic rings. The number of nitrogens with one attached hydrogen (secondary N) is 3. The van der Waals surface area contributed by atoms with E-state index < -0.39 is 0 Å². The quantitative estimate of drug-likeness (QED) is 0.413. The first-order valence-electron chi connectivity index (χ1n) is 10.8. The number of amides is 1. The second kappa shape index (κ2) is 8.42. The van der Waals surface area contributed by atoms with Gasteiger partial charge in [-0.2, -0.15) is 0 Å². The van der Waals surface area contributed by atoms with Crippen LogP contribution in [-0.4, -0.2) is 52.3 Å². The molecule has 1 fully saturated rings. The van der Waals surface area contributed by atoms with E-state index in [2.05, 4.69) is 20.6 Å². The summed E-state index contributed by atoms with van der Waals surface area (Å²) in [4.78, 5) is 23.5. The van der Waals surface area contributed by atoms with E-state index in [-0.39, 0.29) is 29.6 Å². The fraction of sp³-hybridized carbons (Fsp3) is 0.250. The van der Waals surface area contributed by atoms with Crippen molar-refractivity contribution in [2.45, 2.75) is 25.0 Å². The first kappa shape index (κ1) is 20.7. The molecular formula is C24H25N7O2. The predicted octanol–water partition coefficient (Wildman–Crippen LogP) is 2.95. The van der Waals surface area contributed by atoms with Crippen molar-refractivity contribution < 1.29 is 9.53 Å². The second-order valence-electron chi connectivity index (χ2n) is 8.12. The van der Waals surface area contributed by atoms with Gasteiger partial charge in [0.25, 0.3) is 5.91 Å². The van der Waals surface area contributed by atoms with Gasteiger partial charge in [0.05, 0.1) is 30.5 Å². The predicted molar refractivity (Wildman–Crippen MR) is 127 cm³/mol. The van der Waals surface area contributed by atoms with E-state index in [0.717, 1.165) is 18.5 Å². The van der Waals surface area contributed by atoms with E-state index in [0.29, 0.717) is 34.8 Å². The lowest BCUT2D eigenvalue weighted by atomic mass is 10.0. The number of nitrogens with zero attached hydrogens (tertiary/aromatic N) is 3. The third-order valence-corrected chi connectivity index (χ3v) is 5.96. The zero-order valence-electron chi connectivity index (χ0n) is 18.2. The highest BCUT2D eigenvalue weighted by atomic mass is 16.5. The van der Waals surface area contributed by atoms with Crippen LogP contribution < -0.4 is 21.1 Å². The van der Waals surface area contributed by atoms with Gasteiger partial charge >= 0.3 is 0 Å². The topological polar surface area (TPSA) is 129 Å². The van der Waals surface area contributed by atoms with Gasteiger partial charge in [0.2, 0.25) is 0 Å². The van der Waals surface area contributed by atoms with Crippen molar-refractivity contribution in [2.75, 3.05) is 30.0 Å². The van der Waals surface area contributed by atoms with Crippen molar-refractivity contribution in [3.05, 3.63) is 71.5 Å². The number of nitrogens with two attached hydrogens (primary N) is 1. The molecular weight excluding hydrogens is 418 g/mol. The van der Waals surface area contributed by atoms with Crippen LogP contribution in [-0.2, 0) is 0 Å². The Hall–Kier alpha value is -4.14. The number of ether oxygens (including phenoxy) is 1. The van der Waals surface area contributed by atoms with E-state index in [1.54, 1.807) is 31.4 Å². The van der Waals surface area contributed by atoms with Crippen molar-refractivity contribution in [1.29, 1.82) is 5.41 Å². The third-order valence-electron chi connectivity index (χ3n) is 5.96. The Labute approximate surface area is 191 Å². The Balaban J connectivity index is 1.40. The minimum absolute atomic E-state index is 0.0343. The minimum Gasteiger partial charge on any atom is -0.497 e. The minimum atomic E-state index is -0.251. The molecule has 2 heterocycles. The standard InChI is InChI=1S/C24H25N7O2/c1-33-16-10-6-14(7-11-16)21(25)20-22(26)28-13-29-23(20)27-12-19-30-18-5-3-2-4-17(18)24(32)31(19)15-8-9-15/h2-7,10-11,13,15,19,25,30H,8-9,12H2,1H3,(H3,26,27,28,29). The van der Waals surface area contributed by atoms with Crippen molar-refractivity contribution in [1.82, 2.24) is 14.9 Å². The molecule has 9 nitrogen and oxygen atoms in total. The third kappa shape index (κ3) is 3.93. The summed E-state index contributed by atoms with van der Waals surface area (Å²) in [5.74, 6) is 1.40. The van der Waals surface area contributed by atoms with Crippen LogP contribution in [0.2, 0.25) is 0 Å². The molecule has 2 aliphatic rings. The number of carbonyl (C=O) groups is 1. The maximum Gasteiger partial charge on any atom is 0.257 e. The molecule has 5 N–H and O–H groups in total. The highest BCUT2D eigenvalue weighted by molar-refractivity contribution is 6.16. The zero-order valence-corrected chi connectivity index (χ0v) is 18.2. The number of aromatic nitrogens is 2. The molecule has 168 valence electrons. The Kier molecular flexibility index (Phi) is 5.29. The van der Waals surface area contributed by atoms with Crippen molar-refractivity contribution in [3.8, 4) is 5.75 Å². The maximum absolute atomic E-state index is 13.2. The van der Waals surface area contributed by atoms with Crippen LogP contribution >= 0.6 is 0 Å². The fourth-order valence-electron chi connectivity index (χ4n) is 4.12. The monoisotopic (exact) mass is 443 g/mol. The van der Waals surface area contributed by atoms with Gasteiger partial charge in [-0.1, -0.05) is 12.1 Å². The number of carbonyl (C=O) groups excluding carboxylic acids is 1. The van der Waals surface area contributed by atoms with Crippen LogP contribution in [0.4, 0.5) is 17.3 Å². The summed E-state index contributed by atoms with van der Waals surface area (Å²) < 4.78 is 5.20. The first-order chi connectivity index (χ1) is 16.1. The number of fused-ring (bicyclic) bond motifs is 1. The molecule has 1 saturated carbocycles. The lowest BCUT2D eigenvalue weighted by molar-refractivity contribution is 0.0677. The van der Waals surface area contributed by atoms with Crippen LogP contribution in [0.1, 0.15) is 34.3 Å². The highest BCUT2D eigenvalue weighted by Crippen LogP contribution is 2.35. The van der Waals surface area contributed by atoms with Crippen LogP contribution in [0, 0.1) is 5.41 Å². The second-order valence-corrected chi connectivity index (χ2v) is 8.12. The largest absolute Gasteiger partial charge is 0.497 e. The number of nitrogen functional groups attached to an aromatic ring is 1. The normalized spacial score (nSPS) is 17.2. The lowest BCUT2D eigenvalue weighted by Crippen LogP contribution is -2.53. The average Bonchev–Trinajstić information content (AvgIpc) is 3.67. The molecule has 2 aromatic carbocycles. The van der Waals surface area contributed by atoms with Gasteiger partial charge in [-0.15, -0.1) is 0 Å². The van der Waals surface area contributed by atoms with Crippen LogP contribution in [0.5, 0.6) is 5.75 Å². The molecule has 1 atom stereocenters. The van der Waals surface area contributed by atoms with Gasteiger partial charge < -0.3 is 26.0 Å². The molecule has 0 radical (unpaired) electrons. The molecule has 9 heteroatoms. The van der Waals surface area contributed by atoms with E-state index in [9.17, 15) is 4.79 Å². The Morgan fingerprint density at radius 3 is 2.70 bits per heavy atom. The molecule has 33 heavy (non-hydrogen) atoms. The smallest absolute Gasteiger partial charge is 0.257 e. The molecule has 0 bridgehead atoms. The van der Waals surface area contributed by atoms with E-state index in [1.807, 2.05) is 29.2 Å². The number of anilines is 3. The van der Waals surface area contributed by atoms with Crippen molar-refractivity contribution in [2.24, 2.45) is 0 Å². The number of para-hydroxylation sites is 1. The van der Waals surface area contributed by atoms with Crippen LogP contribution in [0.3, 0.4) is 0 Å². The number of benzene rings is 2. The molecule has 1 unspecified atom stereocenters. The zero-order chi connectivity index (χ0) is 22.9. The summed E-state index contributed by atoms with van der Waals surface area (Å²) in [7, 11) is 1.60. The summed E-state index contributed by atoms with van der Waals surface area (Å²) in [6.45, 7) is 0.399. The van der Waals surface area contributed by atoms with Gasteiger partial charge in [0, 0.05) is 17.3 Å². The summed E-state index contributed by atoms with van der Waals surface area (Å²) in [6, 6.07) is 15.0. The Morgan fingerprint density at radius 1 is 1.21 bits per heavy atom. The number of hydrogen-bond acceptors (Lipinski definition) is 8. The van der Waals surface area contributed by atoms with Gasteiger partial charge in [0.15, 0.2) is 0 Å². The van der Waals surface area contributed by atoms with Gasteiger partial charge in [-0.25, -0.2) is 9.97 Å². The molecule has 0 saturated heterocycles. The lowest BCUT2D eigenvalue weighted by Gasteiger charge is -2.38. The number of methoxy groups -OCH3 is 1. The fourth-order valence-corrected chi connectivity index (χ4v) is 4.12. The summed E-state index contributed by atoms with van der Waals surface area (Å²) in [5.41, 5.74) is 8.96. The number of rotatable bonds is 7. The van der Waals surface area contributed by atoms with Crippen LogP contribution in [0.25, 0.3) is 0 Å². The summed E-state index contributed by atoms with van der Waals surface area (Å²) >= 11 is 0.